The Hall–Kier alpha value is -0.670. The van der Waals surface area contributed by atoms with Crippen molar-refractivity contribution in [2.75, 3.05) is 25.2 Å². The summed E-state index contributed by atoms with van der Waals surface area (Å²) in [4.78, 5) is 0. The molecule has 1 aromatic rings. The van der Waals surface area contributed by atoms with Gasteiger partial charge in [-0.25, -0.2) is 0 Å². The zero-order valence-corrected chi connectivity index (χ0v) is 11.8. The SMILES string of the molecule is CCNC(CSCC)Cc1cccc(OC)c1. The quantitative estimate of drug-likeness (QED) is 0.769. The highest BCUT2D eigenvalue weighted by Gasteiger charge is 2.08. The zero-order chi connectivity index (χ0) is 12.5. The summed E-state index contributed by atoms with van der Waals surface area (Å²) in [5.41, 5.74) is 1.34. The summed E-state index contributed by atoms with van der Waals surface area (Å²) in [6.07, 6.45) is 1.07. The van der Waals surface area contributed by atoms with E-state index in [1.165, 1.54) is 17.1 Å². The molecule has 0 spiro atoms. The summed E-state index contributed by atoms with van der Waals surface area (Å²) < 4.78 is 5.25. The Morgan fingerprint density at radius 2 is 2.18 bits per heavy atom. The number of hydrogen-bond donors (Lipinski definition) is 1. The highest BCUT2D eigenvalue weighted by atomic mass is 32.2. The smallest absolute Gasteiger partial charge is 0.119 e. The Kier molecular flexibility index (Phi) is 7.13. The van der Waals surface area contributed by atoms with Crippen molar-refractivity contribution in [3.63, 3.8) is 0 Å². The van der Waals surface area contributed by atoms with Crippen LogP contribution in [0.2, 0.25) is 0 Å². The second-order valence-electron chi connectivity index (χ2n) is 3.97. The summed E-state index contributed by atoms with van der Waals surface area (Å²) in [6.45, 7) is 5.40. The first-order valence-electron chi connectivity index (χ1n) is 6.24. The van der Waals surface area contributed by atoms with Gasteiger partial charge in [0.05, 0.1) is 7.11 Å². The van der Waals surface area contributed by atoms with Crippen LogP contribution in [0.15, 0.2) is 24.3 Å². The van der Waals surface area contributed by atoms with Crippen molar-refractivity contribution in [1.82, 2.24) is 5.32 Å². The third-order valence-electron chi connectivity index (χ3n) is 2.63. The number of hydrogen-bond acceptors (Lipinski definition) is 3. The van der Waals surface area contributed by atoms with E-state index in [1.54, 1.807) is 7.11 Å². The topological polar surface area (TPSA) is 21.3 Å². The molecule has 17 heavy (non-hydrogen) atoms. The van der Waals surface area contributed by atoms with Gasteiger partial charge in [-0.05, 0) is 36.4 Å². The van der Waals surface area contributed by atoms with Crippen LogP contribution in [0, 0.1) is 0 Å². The summed E-state index contributed by atoms with van der Waals surface area (Å²) in [7, 11) is 1.72. The molecule has 0 heterocycles. The van der Waals surface area contributed by atoms with Crippen LogP contribution in [0.1, 0.15) is 19.4 Å². The van der Waals surface area contributed by atoms with Crippen molar-refractivity contribution >= 4 is 11.8 Å². The number of likely N-dealkylation sites (N-methyl/N-ethyl adjacent to an activating group) is 1. The molecule has 0 radical (unpaired) electrons. The number of nitrogens with one attached hydrogen (secondary N) is 1. The number of benzene rings is 1. The second kappa shape index (κ2) is 8.43. The van der Waals surface area contributed by atoms with E-state index in [9.17, 15) is 0 Å². The van der Waals surface area contributed by atoms with Gasteiger partial charge in [0.2, 0.25) is 0 Å². The lowest BCUT2D eigenvalue weighted by Crippen LogP contribution is -2.33. The molecule has 0 saturated heterocycles. The summed E-state index contributed by atoms with van der Waals surface area (Å²) in [6, 6.07) is 8.90. The number of ether oxygens (including phenoxy) is 1. The molecule has 0 aliphatic carbocycles. The Morgan fingerprint density at radius 3 is 2.82 bits per heavy atom. The summed E-state index contributed by atoms with van der Waals surface area (Å²) in [5.74, 6) is 3.29. The molecule has 1 unspecified atom stereocenters. The molecule has 0 bridgehead atoms. The molecule has 1 aromatic carbocycles. The van der Waals surface area contributed by atoms with Gasteiger partial charge in [0, 0.05) is 11.8 Å². The maximum atomic E-state index is 5.25. The van der Waals surface area contributed by atoms with E-state index in [2.05, 4.69) is 37.4 Å². The first-order valence-corrected chi connectivity index (χ1v) is 7.39. The molecular formula is C14H23NOS. The molecule has 0 saturated carbocycles. The third kappa shape index (κ3) is 5.46. The molecule has 0 aliphatic heterocycles. The van der Waals surface area contributed by atoms with Crippen molar-refractivity contribution in [2.45, 2.75) is 26.3 Å². The number of rotatable bonds is 8. The monoisotopic (exact) mass is 253 g/mol. The fraction of sp³-hybridized carbons (Fsp3) is 0.571. The molecule has 0 fully saturated rings. The summed E-state index contributed by atoms with van der Waals surface area (Å²) >= 11 is 1.99. The Bertz CT molecular complexity index is 317. The summed E-state index contributed by atoms with van der Waals surface area (Å²) in [5, 5.41) is 3.54. The maximum absolute atomic E-state index is 5.25. The lowest BCUT2D eigenvalue weighted by molar-refractivity contribution is 0.414. The molecule has 2 nitrogen and oxygen atoms in total. The highest BCUT2D eigenvalue weighted by Crippen LogP contribution is 2.15. The average molecular weight is 253 g/mol. The van der Waals surface area contributed by atoms with Crippen molar-refractivity contribution in [2.24, 2.45) is 0 Å². The maximum Gasteiger partial charge on any atom is 0.119 e. The van der Waals surface area contributed by atoms with Gasteiger partial charge in [-0.2, -0.15) is 11.8 Å². The highest BCUT2D eigenvalue weighted by molar-refractivity contribution is 7.99. The van der Waals surface area contributed by atoms with Crippen LogP contribution in [0.5, 0.6) is 5.75 Å². The van der Waals surface area contributed by atoms with Crippen molar-refractivity contribution < 1.29 is 4.74 Å². The van der Waals surface area contributed by atoms with E-state index in [4.69, 9.17) is 4.74 Å². The van der Waals surface area contributed by atoms with E-state index in [-0.39, 0.29) is 0 Å². The third-order valence-corrected chi connectivity index (χ3v) is 3.68. The molecule has 0 aliphatic rings. The van der Waals surface area contributed by atoms with Gasteiger partial charge in [-0.15, -0.1) is 0 Å². The Morgan fingerprint density at radius 1 is 1.35 bits per heavy atom. The first kappa shape index (κ1) is 14.4. The van der Waals surface area contributed by atoms with Crippen LogP contribution in [0.25, 0.3) is 0 Å². The molecule has 1 N–H and O–H groups in total. The fourth-order valence-corrected chi connectivity index (χ4v) is 2.58. The lowest BCUT2D eigenvalue weighted by atomic mass is 10.1. The van der Waals surface area contributed by atoms with E-state index in [1.807, 2.05) is 17.8 Å². The number of methoxy groups -OCH3 is 1. The van der Waals surface area contributed by atoms with E-state index < -0.39 is 0 Å². The standard InChI is InChI=1S/C14H23NOS/c1-4-15-13(11-17-5-2)9-12-7-6-8-14(10-12)16-3/h6-8,10,13,15H,4-5,9,11H2,1-3H3. The van der Waals surface area contributed by atoms with Gasteiger partial charge in [0.1, 0.15) is 5.75 Å². The second-order valence-corrected chi connectivity index (χ2v) is 5.29. The van der Waals surface area contributed by atoms with Crippen LogP contribution in [0.4, 0.5) is 0 Å². The Labute approximate surface area is 109 Å². The van der Waals surface area contributed by atoms with Gasteiger partial charge in [0.25, 0.3) is 0 Å². The van der Waals surface area contributed by atoms with Crippen molar-refractivity contribution in [1.29, 1.82) is 0 Å². The molecule has 1 atom stereocenters. The van der Waals surface area contributed by atoms with E-state index in [0.717, 1.165) is 18.7 Å². The predicted molar refractivity (Wildman–Crippen MR) is 77.2 cm³/mol. The predicted octanol–water partition coefficient (Wildman–Crippen LogP) is 2.97. The van der Waals surface area contributed by atoms with Gasteiger partial charge < -0.3 is 10.1 Å². The van der Waals surface area contributed by atoms with Gasteiger partial charge in [-0.1, -0.05) is 26.0 Å². The first-order chi connectivity index (χ1) is 8.30. The van der Waals surface area contributed by atoms with Gasteiger partial charge >= 0.3 is 0 Å². The van der Waals surface area contributed by atoms with Crippen LogP contribution >= 0.6 is 11.8 Å². The minimum absolute atomic E-state index is 0.553. The molecule has 0 aromatic heterocycles. The molecule has 0 amide bonds. The minimum Gasteiger partial charge on any atom is -0.497 e. The molecule has 3 heteroatoms. The van der Waals surface area contributed by atoms with Gasteiger partial charge in [-0.3, -0.25) is 0 Å². The van der Waals surface area contributed by atoms with Gasteiger partial charge in [0.15, 0.2) is 0 Å². The molecule has 96 valence electrons. The normalized spacial score (nSPS) is 12.4. The lowest BCUT2D eigenvalue weighted by Gasteiger charge is -2.17. The van der Waals surface area contributed by atoms with Crippen LogP contribution in [-0.2, 0) is 6.42 Å². The van der Waals surface area contributed by atoms with Crippen LogP contribution in [-0.4, -0.2) is 31.2 Å². The largest absolute Gasteiger partial charge is 0.497 e. The fourth-order valence-electron chi connectivity index (χ4n) is 1.82. The molecule has 1 rings (SSSR count). The number of thioether (sulfide) groups is 1. The van der Waals surface area contributed by atoms with E-state index >= 15 is 0 Å². The minimum atomic E-state index is 0.553. The molecular weight excluding hydrogens is 230 g/mol. The zero-order valence-electron chi connectivity index (χ0n) is 11.0. The Balaban J connectivity index is 2.57. The van der Waals surface area contributed by atoms with Crippen LogP contribution in [0.3, 0.4) is 0 Å². The van der Waals surface area contributed by atoms with E-state index in [0.29, 0.717) is 6.04 Å². The van der Waals surface area contributed by atoms with Crippen LogP contribution < -0.4 is 10.1 Å². The average Bonchev–Trinajstić information content (AvgIpc) is 2.36. The van der Waals surface area contributed by atoms with Crippen molar-refractivity contribution in [3.05, 3.63) is 29.8 Å². The van der Waals surface area contributed by atoms with Crippen molar-refractivity contribution in [3.8, 4) is 5.75 Å².